The van der Waals surface area contributed by atoms with Gasteiger partial charge in [0.15, 0.2) is 5.13 Å². The summed E-state index contributed by atoms with van der Waals surface area (Å²) < 4.78 is 27.3. The van der Waals surface area contributed by atoms with Gasteiger partial charge in [-0.3, -0.25) is 9.52 Å². The SMILES string of the molecule is Cc1nc(NS(=O)(=O)c2ccc(C#N)cc2)sc1C(=O)NCc1ccccc1. The Bertz CT molecular complexity index is 1130. The zero-order chi connectivity index (χ0) is 20.1. The van der Waals surface area contributed by atoms with E-state index < -0.39 is 10.0 Å². The number of thiazole rings is 1. The van der Waals surface area contributed by atoms with Crippen LogP contribution in [-0.2, 0) is 16.6 Å². The highest BCUT2D eigenvalue weighted by molar-refractivity contribution is 7.93. The fraction of sp³-hybridized carbons (Fsp3) is 0.105. The molecular weight excluding hydrogens is 396 g/mol. The van der Waals surface area contributed by atoms with E-state index in [1.54, 1.807) is 6.92 Å². The van der Waals surface area contributed by atoms with Crippen LogP contribution in [0.1, 0.15) is 26.5 Å². The van der Waals surface area contributed by atoms with Gasteiger partial charge in [-0.15, -0.1) is 0 Å². The summed E-state index contributed by atoms with van der Waals surface area (Å²) in [6.45, 7) is 2.01. The first-order valence-electron chi connectivity index (χ1n) is 8.21. The first kappa shape index (κ1) is 19.5. The first-order chi connectivity index (χ1) is 13.4. The van der Waals surface area contributed by atoms with Gasteiger partial charge in [-0.2, -0.15) is 5.26 Å². The van der Waals surface area contributed by atoms with Crippen LogP contribution in [0.25, 0.3) is 0 Å². The van der Waals surface area contributed by atoms with E-state index in [1.807, 2.05) is 36.4 Å². The molecule has 1 heterocycles. The molecule has 0 spiro atoms. The maximum atomic E-state index is 12.5. The van der Waals surface area contributed by atoms with Gasteiger partial charge in [0.25, 0.3) is 15.9 Å². The summed E-state index contributed by atoms with van der Waals surface area (Å²) in [4.78, 5) is 16.9. The van der Waals surface area contributed by atoms with Crippen molar-refractivity contribution < 1.29 is 13.2 Å². The zero-order valence-electron chi connectivity index (χ0n) is 14.8. The van der Waals surface area contributed by atoms with Crippen molar-refractivity contribution in [3.8, 4) is 6.07 Å². The molecule has 142 valence electrons. The number of aryl methyl sites for hydroxylation is 1. The number of hydrogen-bond donors (Lipinski definition) is 2. The Balaban J connectivity index is 1.72. The monoisotopic (exact) mass is 412 g/mol. The second-order valence-electron chi connectivity index (χ2n) is 5.84. The van der Waals surface area contributed by atoms with Gasteiger partial charge in [0.1, 0.15) is 4.88 Å². The number of nitriles is 1. The Hall–Kier alpha value is -3.22. The van der Waals surface area contributed by atoms with E-state index in [0.717, 1.165) is 16.9 Å². The van der Waals surface area contributed by atoms with E-state index in [-0.39, 0.29) is 15.9 Å². The third-order valence-corrected chi connectivity index (χ3v) is 6.37. The number of nitrogens with one attached hydrogen (secondary N) is 2. The lowest BCUT2D eigenvalue weighted by Crippen LogP contribution is -2.22. The Morgan fingerprint density at radius 2 is 1.82 bits per heavy atom. The van der Waals surface area contributed by atoms with Crippen LogP contribution in [0, 0.1) is 18.3 Å². The minimum Gasteiger partial charge on any atom is -0.347 e. The van der Waals surface area contributed by atoms with Crippen LogP contribution in [0.15, 0.2) is 59.5 Å². The number of carbonyl (C=O) groups excluding carboxylic acids is 1. The molecule has 28 heavy (non-hydrogen) atoms. The minimum absolute atomic E-state index is 0.00873. The van der Waals surface area contributed by atoms with E-state index in [0.29, 0.717) is 22.7 Å². The van der Waals surface area contributed by atoms with E-state index in [9.17, 15) is 13.2 Å². The van der Waals surface area contributed by atoms with Crippen LogP contribution >= 0.6 is 11.3 Å². The van der Waals surface area contributed by atoms with Gasteiger partial charge >= 0.3 is 0 Å². The van der Waals surface area contributed by atoms with Crippen molar-refractivity contribution >= 4 is 32.4 Å². The molecule has 2 N–H and O–H groups in total. The number of nitrogens with zero attached hydrogens (tertiary/aromatic N) is 2. The lowest BCUT2D eigenvalue weighted by Gasteiger charge is -2.05. The predicted molar refractivity (Wildman–Crippen MR) is 106 cm³/mol. The molecular formula is C19H16N4O3S2. The van der Waals surface area contributed by atoms with Crippen LogP contribution in [0.3, 0.4) is 0 Å². The smallest absolute Gasteiger partial charge is 0.263 e. The molecule has 0 unspecified atom stereocenters. The molecule has 3 rings (SSSR count). The number of sulfonamides is 1. The van der Waals surface area contributed by atoms with E-state index >= 15 is 0 Å². The molecule has 0 bridgehead atoms. The molecule has 1 amide bonds. The van der Waals surface area contributed by atoms with Gasteiger partial charge in [-0.25, -0.2) is 13.4 Å². The quantitative estimate of drug-likeness (QED) is 0.646. The van der Waals surface area contributed by atoms with E-state index in [1.165, 1.54) is 24.3 Å². The lowest BCUT2D eigenvalue weighted by molar-refractivity contribution is 0.0954. The van der Waals surface area contributed by atoms with Crippen molar-refractivity contribution in [1.29, 1.82) is 5.26 Å². The maximum absolute atomic E-state index is 12.5. The number of benzene rings is 2. The highest BCUT2D eigenvalue weighted by Gasteiger charge is 2.20. The standard InChI is InChI=1S/C19H16N4O3S2/c1-13-17(18(24)21-12-15-5-3-2-4-6-15)27-19(22-13)23-28(25,26)16-9-7-14(11-20)8-10-16/h2-10H,12H2,1H3,(H,21,24)(H,22,23). The Morgan fingerprint density at radius 3 is 2.46 bits per heavy atom. The highest BCUT2D eigenvalue weighted by Crippen LogP contribution is 2.25. The molecule has 0 atom stereocenters. The van der Waals surface area contributed by atoms with Crippen LogP contribution in [-0.4, -0.2) is 19.3 Å². The van der Waals surface area contributed by atoms with E-state index in [4.69, 9.17) is 5.26 Å². The summed E-state index contributed by atoms with van der Waals surface area (Å²) in [6.07, 6.45) is 0. The van der Waals surface area contributed by atoms with Gasteiger partial charge in [0.2, 0.25) is 0 Å². The van der Waals surface area contributed by atoms with Gasteiger partial charge in [-0.1, -0.05) is 41.7 Å². The average molecular weight is 412 g/mol. The molecule has 0 radical (unpaired) electrons. The van der Waals surface area contributed by atoms with Crippen molar-refractivity contribution in [2.75, 3.05) is 4.72 Å². The summed E-state index contributed by atoms with van der Waals surface area (Å²) in [5.41, 5.74) is 1.76. The number of aromatic nitrogens is 1. The minimum atomic E-state index is -3.87. The Morgan fingerprint density at radius 1 is 1.14 bits per heavy atom. The molecule has 0 fully saturated rings. The molecule has 3 aromatic rings. The van der Waals surface area contributed by atoms with Gasteiger partial charge in [0, 0.05) is 6.54 Å². The fourth-order valence-corrected chi connectivity index (χ4v) is 4.51. The number of amides is 1. The van der Waals surface area contributed by atoms with Crippen molar-refractivity contribution in [3.05, 3.63) is 76.3 Å². The van der Waals surface area contributed by atoms with E-state index in [2.05, 4.69) is 15.0 Å². The van der Waals surface area contributed by atoms with Gasteiger partial charge < -0.3 is 5.32 Å². The molecule has 1 aromatic heterocycles. The molecule has 7 nitrogen and oxygen atoms in total. The number of hydrogen-bond acceptors (Lipinski definition) is 6. The van der Waals surface area contributed by atoms with Crippen LogP contribution in [0.2, 0.25) is 0 Å². The van der Waals surface area contributed by atoms with Crippen LogP contribution < -0.4 is 10.0 Å². The Labute approximate surface area is 166 Å². The molecule has 0 saturated carbocycles. The topological polar surface area (TPSA) is 112 Å². The summed E-state index contributed by atoms with van der Waals surface area (Å²) in [7, 11) is -3.87. The number of carbonyl (C=O) groups is 1. The van der Waals surface area contributed by atoms with Crippen LogP contribution in [0.5, 0.6) is 0 Å². The molecule has 0 aliphatic rings. The second kappa shape index (κ2) is 8.21. The maximum Gasteiger partial charge on any atom is 0.263 e. The van der Waals surface area contributed by atoms with Crippen molar-refractivity contribution in [1.82, 2.24) is 10.3 Å². The van der Waals surface area contributed by atoms with Gasteiger partial charge in [-0.05, 0) is 36.8 Å². The summed E-state index contributed by atoms with van der Waals surface area (Å²) >= 11 is 0.966. The predicted octanol–water partition coefficient (Wildman–Crippen LogP) is 3.05. The number of anilines is 1. The summed E-state index contributed by atoms with van der Waals surface area (Å²) in [5.74, 6) is -0.317. The zero-order valence-corrected chi connectivity index (χ0v) is 16.5. The van der Waals surface area contributed by atoms with Crippen molar-refractivity contribution in [3.63, 3.8) is 0 Å². The Kier molecular flexibility index (Phi) is 5.73. The third-order valence-electron chi connectivity index (χ3n) is 3.81. The molecule has 0 saturated heterocycles. The fourth-order valence-electron chi connectivity index (χ4n) is 2.39. The van der Waals surface area contributed by atoms with Gasteiger partial charge in [0.05, 0.1) is 22.2 Å². The molecule has 0 aliphatic carbocycles. The summed E-state index contributed by atoms with van der Waals surface area (Å²) in [6, 6.07) is 16.9. The normalized spacial score (nSPS) is 10.9. The third kappa shape index (κ3) is 4.54. The first-order valence-corrected chi connectivity index (χ1v) is 10.5. The van der Waals surface area contributed by atoms with Crippen molar-refractivity contribution in [2.45, 2.75) is 18.4 Å². The largest absolute Gasteiger partial charge is 0.347 e. The average Bonchev–Trinajstić information content (AvgIpc) is 3.06. The molecule has 9 heteroatoms. The number of rotatable bonds is 6. The molecule has 2 aromatic carbocycles. The highest BCUT2D eigenvalue weighted by atomic mass is 32.2. The lowest BCUT2D eigenvalue weighted by atomic mass is 10.2. The second-order valence-corrected chi connectivity index (χ2v) is 8.52. The van der Waals surface area contributed by atoms with Crippen LogP contribution in [0.4, 0.5) is 5.13 Å². The molecule has 0 aliphatic heterocycles. The summed E-state index contributed by atoms with van der Waals surface area (Å²) in [5, 5.41) is 11.7. The van der Waals surface area contributed by atoms with Crippen molar-refractivity contribution in [2.24, 2.45) is 0 Å².